The lowest BCUT2D eigenvalue weighted by molar-refractivity contribution is -0.362. The third-order valence-corrected chi connectivity index (χ3v) is 15.5. The maximum atomic E-state index is 11.2. The first-order valence-corrected chi connectivity index (χ1v) is 22.2. The number of hydrogen-bond acceptors (Lipinski definition) is 13. The van der Waals surface area contributed by atoms with Gasteiger partial charge in [-0.2, -0.15) is 8.42 Å². The largest absolute Gasteiger partial charge is 0.397 e. The molecule has 0 aromatic heterocycles. The third-order valence-electron chi connectivity index (χ3n) is 15.0. The van der Waals surface area contributed by atoms with Gasteiger partial charge in [0.05, 0.1) is 25.4 Å². The van der Waals surface area contributed by atoms with Gasteiger partial charge < -0.3 is 49.6 Å². The van der Waals surface area contributed by atoms with Crippen molar-refractivity contribution in [1.82, 2.24) is 0 Å². The molecule has 318 valence electrons. The predicted octanol–water partition coefficient (Wildman–Crippen LogP) is 3.25. The van der Waals surface area contributed by atoms with Gasteiger partial charge in [-0.25, -0.2) is 4.18 Å². The van der Waals surface area contributed by atoms with E-state index < -0.39 is 85.0 Å². The molecule has 0 radical (unpaired) electrons. The Bertz CT molecular complexity index is 1430. The van der Waals surface area contributed by atoms with Crippen LogP contribution in [-0.2, 0) is 33.5 Å². The Balaban J connectivity index is 1.06. The fraction of sp³-hybridized carbons (Fsp3) is 0.950. The summed E-state index contributed by atoms with van der Waals surface area (Å²) in [5, 5.41) is 64.1. The van der Waals surface area contributed by atoms with Crippen LogP contribution >= 0.6 is 0 Å². The second kappa shape index (κ2) is 17.4. The van der Waals surface area contributed by atoms with Crippen LogP contribution in [0.3, 0.4) is 0 Å². The summed E-state index contributed by atoms with van der Waals surface area (Å²) < 4.78 is 58.6. The van der Waals surface area contributed by atoms with Gasteiger partial charge in [0.2, 0.25) is 0 Å². The lowest BCUT2D eigenvalue weighted by atomic mass is 9.47. The summed E-state index contributed by atoms with van der Waals surface area (Å²) in [5.41, 5.74) is 1.89. The van der Waals surface area contributed by atoms with E-state index in [-0.39, 0.29) is 17.9 Å². The minimum absolute atomic E-state index is 0.0819. The van der Waals surface area contributed by atoms with Gasteiger partial charge in [0.15, 0.2) is 12.6 Å². The highest BCUT2D eigenvalue weighted by Crippen LogP contribution is 2.67. The molecule has 0 spiro atoms. The molecular weight excluding hydrogens is 736 g/mol. The number of hydrogen-bond donors (Lipinski definition) is 7. The van der Waals surface area contributed by atoms with Crippen molar-refractivity contribution in [3.05, 3.63) is 11.6 Å². The fourth-order valence-electron chi connectivity index (χ4n) is 12.0. The molecular formula is C40H68O14S. The van der Waals surface area contributed by atoms with Crippen molar-refractivity contribution in [2.24, 2.45) is 46.3 Å². The van der Waals surface area contributed by atoms with Crippen molar-refractivity contribution in [1.29, 1.82) is 0 Å². The van der Waals surface area contributed by atoms with Crippen molar-refractivity contribution in [3.63, 3.8) is 0 Å². The molecule has 0 bridgehead atoms. The maximum Gasteiger partial charge on any atom is 0.397 e. The quantitative estimate of drug-likeness (QED) is 0.0990. The Hall–Kier alpha value is -0.790. The maximum absolute atomic E-state index is 11.2. The smallest absolute Gasteiger partial charge is 0.394 e. The first-order valence-electron chi connectivity index (χ1n) is 20.8. The summed E-state index contributed by atoms with van der Waals surface area (Å²) in [6.45, 7) is 10.9. The van der Waals surface area contributed by atoms with Crippen LogP contribution in [0.5, 0.6) is 0 Å². The van der Waals surface area contributed by atoms with Crippen LogP contribution < -0.4 is 0 Å². The van der Waals surface area contributed by atoms with Crippen LogP contribution in [0.15, 0.2) is 11.6 Å². The molecule has 14 nitrogen and oxygen atoms in total. The monoisotopic (exact) mass is 804 g/mol. The second-order valence-corrected chi connectivity index (χ2v) is 19.7. The van der Waals surface area contributed by atoms with Crippen molar-refractivity contribution >= 4 is 10.4 Å². The molecule has 6 rings (SSSR count). The molecule has 18 atom stereocenters. The molecule has 0 amide bonds. The van der Waals surface area contributed by atoms with Gasteiger partial charge in [-0.15, -0.1) is 0 Å². The van der Waals surface area contributed by atoms with Crippen LogP contribution in [0.25, 0.3) is 0 Å². The van der Waals surface area contributed by atoms with Crippen LogP contribution in [-0.4, -0.2) is 124 Å². The third kappa shape index (κ3) is 9.04. The summed E-state index contributed by atoms with van der Waals surface area (Å²) in [6, 6.07) is 0. The van der Waals surface area contributed by atoms with Crippen LogP contribution in [0.4, 0.5) is 0 Å². The zero-order chi connectivity index (χ0) is 40.0. The average Bonchev–Trinajstić information content (AvgIpc) is 3.48. The highest BCUT2D eigenvalue weighted by Gasteiger charge is 2.59. The molecule has 0 aromatic rings. The van der Waals surface area contributed by atoms with E-state index in [4.69, 9.17) is 23.5 Å². The topological polar surface area (TPSA) is 222 Å². The van der Waals surface area contributed by atoms with Crippen molar-refractivity contribution in [2.75, 3.05) is 13.2 Å². The van der Waals surface area contributed by atoms with E-state index in [0.29, 0.717) is 23.7 Å². The van der Waals surface area contributed by atoms with Crippen molar-refractivity contribution in [2.45, 2.75) is 179 Å². The van der Waals surface area contributed by atoms with Crippen molar-refractivity contribution in [3.8, 4) is 0 Å². The summed E-state index contributed by atoms with van der Waals surface area (Å²) in [4.78, 5) is 0. The summed E-state index contributed by atoms with van der Waals surface area (Å²) in [5.74, 6) is 4.40. The zero-order valence-corrected chi connectivity index (χ0v) is 34.0. The molecule has 5 fully saturated rings. The molecule has 5 unspecified atom stereocenters. The van der Waals surface area contributed by atoms with Gasteiger partial charge in [-0.1, -0.05) is 65.5 Å². The minimum atomic E-state index is -4.77. The molecule has 2 aliphatic heterocycles. The van der Waals surface area contributed by atoms with Crippen LogP contribution in [0.1, 0.15) is 112 Å². The SMILES string of the molecule is CC(C)CCC[C@@H](C)[C@H]1CC[C@H]2[C@@H]3CC=C4C[C@@H](O[C@@H]5OC(CO)[C@@H](O[C@H]6OC(CCOS(=O)(=O)O)[C@@H](O)[C@H](O)C6O)[C@H](O)C5O)CC[C@]4(C)[C@H]3CCC12C. The number of allylic oxidation sites excluding steroid dienone is 1. The lowest BCUT2D eigenvalue weighted by Gasteiger charge is -2.58. The highest BCUT2D eigenvalue weighted by atomic mass is 32.3. The molecule has 6 aliphatic rings. The predicted molar refractivity (Wildman–Crippen MR) is 199 cm³/mol. The zero-order valence-electron chi connectivity index (χ0n) is 33.2. The van der Waals surface area contributed by atoms with Gasteiger partial charge >= 0.3 is 10.4 Å². The molecule has 2 heterocycles. The first-order chi connectivity index (χ1) is 25.9. The highest BCUT2D eigenvalue weighted by molar-refractivity contribution is 7.80. The Morgan fingerprint density at radius 3 is 2.22 bits per heavy atom. The molecule has 7 N–H and O–H groups in total. The second-order valence-electron chi connectivity index (χ2n) is 18.7. The van der Waals surface area contributed by atoms with E-state index in [2.05, 4.69) is 44.9 Å². The van der Waals surface area contributed by atoms with Gasteiger partial charge in [0.1, 0.15) is 42.7 Å². The molecule has 4 aliphatic carbocycles. The number of rotatable bonds is 14. The molecule has 55 heavy (non-hydrogen) atoms. The number of ether oxygens (including phenoxy) is 4. The molecule has 3 saturated carbocycles. The van der Waals surface area contributed by atoms with E-state index in [1.165, 1.54) is 50.5 Å². The van der Waals surface area contributed by atoms with E-state index in [1.807, 2.05) is 0 Å². The van der Waals surface area contributed by atoms with Crippen LogP contribution in [0, 0.1) is 46.3 Å². The van der Waals surface area contributed by atoms with E-state index in [0.717, 1.165) is 42.9 Å². The Morgan fingerprint density at radius 1 is 0.836 bits per heavy atom. The number of aliphatic hydroxyl groups is 6. The van der Waals surface area contributed by atoms with Gasteiger partial charge in [0, 0.05) is 6.42 Å². The summed E-state index contributed by atoms with van der Waals surface area (Å²) >= 11 is 0. The molecule has 0 aromatic carbocycles. The van der Waals surface area contributed by atoms with Gasteiger partial charge in [-0.3, -0.25) is 4.55 Å². The lowest BCUT2D eigenvalue weighted by Crippen LogP contribution is -2.64. The molecule has 2 saturated heterocycles. The Morgan fingerprint density at radius 2 is 1.53 bits per heavy atom. The van der Waals surface area contributed by atoms with E-state index in [9.17, 15) is 39.1 Å². The van der Waals surface area contributed by atoms with Crippen molar-refractivity contribution < 1.29 is 66.7 Å². The fourth-order valence-corrected chi connectivity index (χ4v) is 12.3. The van der Waals surface area contributed by atoms with Crippen LogP contribution in [0.2, 0.25) is 0 Å². The Kier molecular flexibility index (Phi) is 13.9. The number of aliphatic hydroxyl groups excluding tert-OH is 6. The van der Waals surface area contributed by atoms with Gasteiger partial charge in [-0.05, 0) is 97.7 Å². The summed E-state index contributed by atoms with van der Waals surface area (Å²) in [6.07, 6.45) is -0.940. The average molecular weight is 805 g/mol. The number of fused-ring (bicyclic) bond motifs is 5. The Labute approximate surface area is 326 Å². The molecule has 15 heteroatoms. The van der Waals surface area contributed by atoms with E-state index in [1.54, 1.807) is 0 Å². The normalized spacial score (nSPS) is 46.8. The minimum Gasteiger partial charge on any atom is -0.394 e. The standard InChI is InChI=1S/C40H68O14S/c1-21(2)7-6-8-22(3)26-11-12-27-25-10-9-23-19-24(13-16-39(23,4)28(25)14-17-40(26,27)5)51-37-35(46)33(44)36(30(20-41)53-37)54-38-34(45)32(43)31(42)29(52-38)15-18-50-55(47,48)49/h9,21-22,24-38,41-46H,6-8,10-20H2,1-5H3,(H,47,48,49)/t22-,24+,25+,26-,27+,28+,29?,30?,31-,32+,33-,34?,35?,36-,37-,38-,39+,40?/m1/s1. The first kappa shape index (κ1) is 43.8. The summed E-state index contributed by atoms with van der Waals surface area (Å²) in [7, 11) is -4.77. The van der Waals surface area contributed by atoms with E-state index >= 15 is 0 Å². The van der Waals surface area contributed by atoms with Gasteiger partial charge in [0.25, 0.3) is 0 Å².